The number of hydrogen-bond acceptors (Lipinski definition) is 4. The van der Waals surface area contributed by atoms with Crippen molar-refractivity contribution in [1.82, 2.24) is 0 Å². The second-order valence-corrected chi connectivity index (χ2v) is 2.52. The van der Waals surface area contributed by atoms with Crippen molar-refractivity contribution in [3.63, 3.8) is 0 Å². The zero-order chi connectivity index (χ0) is 10.7. The van der Waals surface area contributed by atoms with Crippen LogP contribution in [-0.2, 0) is 4.74 Å². The lowest BCUT2D eigenvalue weighted by atomic mass is 10.1. The standard InChI is InChI=1S/C9H7FN2O2/c1-14-9(13)6-3-8(12)7(10)2-5(6)4-11/h2-3H,12H2,1H3. The molecule has 0 aliphatic rings. The maximum absolute atomic E-state index is 12.9. The lowest BCUT2D eigenvalue weighted by Crippen LogP contribution is -2.06. The summed E-state index contributed by atoms with van der Waals surface area (Å²) in [5.41, 5.74) is 4.93. The normalized spacial score (nSPS) is 9.21. The molecule has 0 atom stereocenters. The lowest BCUT2D eigenvalue weighted by molar-refractivity contribution is 0.0600. The number of methoxy groups -OCH3 is 1. The third-order valence-electron chi connectivity index (χ3n) is 1.66. The quantitative estimate of drug-likeness (QED) is 0.535. The first-order valence-corrected chi connectivity index (χ1v) is 3.67. The predicted octanol–water partition coefficient (Wildman–Crippen LogP) is 1.07. The lowest BCUT2D eigenvalue weighted by Gasteiger charge is -2.03. The molecule has 0 unspecified atom stereocenters. The number of nitrogens with zero attached hydrogens (tertiary/aromatic N) is 1. The molecule has 0 amide bonds. The van der Waals surface area contributed by atoms with Gasteiger partial charge in [0, 0.05) is 0 Å². The zero-order valence-corrected chi connectivity index (χ0v) is 7.37. The molecule has 0 radical (unpaired) electrons. The Morgan fingerprint density at radius 3 is 2.79 bits per heavy atom. The molecule has 0 aliphatic heterocycles. The van der Waals surface area contributed by atoms with Gasteiger partial charge in [-0.25, -0.2) is 9.18 Å². The van der Waals surface area contributed by atoms with E-state index in [0.29, 0.717) is 0 Å². The van der Waals surface area contributed by atoms with Crippen LogP contribution in [0.15, 0.2) is 12.1 Å². The molecule has 1 aromatic rings. The van der Waals surface area contributed by atoms with E-state index >= 15 is 0 Å². The minimum absolute atomic E-state index is 0.0334. The fraction of sp³-hybridized carbons (Fsp3) is 0.111. The highest BCUT2D eigenvalue weighted by Gasteiger charge is 2.14. The second kappa shape index (κ2) is 3.75. The molecule has 0 bridgehead atoms. The van der Waals surface area contributed by atoms with Crippen LogP contribution in [0.5, 0.6) is 0 Å². The van der Waals surface area contributed by atoms with Crippen LogP contribution in [0.2, 0.25) is 0 Å². The van der Waals surface area contributed by atoms with Crippen LogP contribution in [0, 0.1) is 17.1 Å². The fourth-order valence-corrected chi connectivity index (χ4v) is 0.961. The van der Waals surface area contributed by atoms with Crippen molar-refractivity contribution >= 4 is 11.7 Å². The zero-order valence-electron chi connectivity index (χ0n) is 7.37. The Bertz CT molecular complexity index is 424. The van der Waals surface area contributed by atoms with E-state index in [1.54, 1.807) is 6.07 Å². The van der Waals surface area contributed by atoms with E-state index in [9.17, 15) is 9.18 Å². The highest BCUT2D eigenvalue weighted by Crippen LogP contribution is 2.17. The van der Waals surface area contributed by atoms with Gasteiger partial charge in [0.2, 0.25) is 0 Å². The number of nitrogens with two attached hydrogens (primary N) is 1. The van der Waals surface area contributed by atoms with Gasteiger partial charge in [0.1, 0.15) is 11.9 Å². The molecule has 4 nitrogen and oxygen atoms in total. The Kier molecular flexibility index (Phi) is 2.67. The van der Waals surface area contributed by atoms with E-state index in [1.807, 2.05) is 0 Å². The topological polar surface area (TPSA) is 76.1 Å². The summed E-state index contributed by atoms with van der Waals surface area (Å²) < 4.78 is 17.3. The first-order chi connectivity index (χ1) is 6.60. The fourth-order valence-electron chi connectivity index (χ4n) is 0.961. The van der Waals surface area contributed by atoms with Gasteiger partial charge in [-0.1, -0.05) is 0 Å². The van der Waals surface area contributed by atoms with Gasteiger partial charge in [0.05, 0.1) is 23.9 Å². The van der Waals surface area contributed by atoms with E-state index in [0.717, 1.165) is 12.1 Å². The Hall–Kier alpha value is -2.09. The van der Waals surface area contributed by atoms with Gasteiger partial charge in [0.15, 0.2) is 0 Å². The van der Waals surface area contributed by atoms with E-state index in [2.05, 4.69) is 4.74 Å². The smallest absolute Gasteiger partial charge is 0.339 e. The molecule has 0 heterocycles. The number of halogens is 1. The molecule has 0 aromatic heterocycles. The summed E-state index contributed by atoms with van der Waals surface area (Å²) in [4.78, 5) is 11.1. The Labute approximate surface area is 79.7 Å². The highest BCUT2D eigenvalue weighted by atomic mass is 19.1. The van der Waals surface area contributed by atoms with Crippen molar-refractivity contribution in [2.45, 2.75) is 0 Å². The summed E-state index contributed by atoms with van der Waals surface area (Å²) >= 11 is 0. The molecule has 1 aromatic carbocycles. The van der Waals surface area contributed by atoms with Crippen molar-refractivity contribution in [3.8, 4) is 6.07 Å². The molecule has 5 heteroatoms. The van der Waals surface area contributed by atoms with Crippen molar-refractivity contribution in [2.24, 2.45) is 0 Å². The second-order valence-electron chi connectivity index (χ2n) is 2.52. The molecule has 2 N–H and O–H groups in total. The van der Waals surface area contributed by atoms with Crippen molar-refractivity contribution in [1.29, 1.82) is 5.26 Å². The van der Waals surface area contributed by atoms with Gasteiger partial charge in [-0.3, -0.25) is 0 Å². The van der Waals surface area contributed by atoms with Gasteiger partial charge < -0.3 is 10.5 Å². The number of ether oxygens (including phenoxy) is 1. The van der Waals surface area contributed by atoms with Crippen LogP contribution >= 0.6 is 0 Å². The Morgan fingerprint density at radius 2 is 2.29 bits per heavy atom. The van der Waals surface area contributed by atoms with Crippen LogP contribution < -0.4 is 5.73 Å². The summed E-state index contributed by atoms with van der Waals surface area (Å²) in [5, 5.41) is 8.61. The van der Waals surface area contributed by atoms with Crippen LogP contribution in [0.3, 0.4) is 0 Å². The number of nitrogen functional groups attached to an aromatic ring is 1. The van der Waals surface area contributed by atoms with Gasteiger partial charge in [0.25, 0.3) is 0 Å². The SMILES string of the molecule is COC(=O)c1cc(N)c(F)cc1C#N. The summed E-state index contributed by atoms with van der Waals surface area (Å²) in [5.74, 6) is -1.44. The van der Waals surface area contributed by atoms with E-state index < -0.39 is 11.8 Å². The molecule has 0 fully saturated rings. The Morgan fingerprint density at radius 1 is 1.64 bits per heavy atom. The average molecular weight is 194 g/mol. The molecular weight excluding hydrogens is 187 g/mol. The number of anilines is 1. The molecular formula is C9H7FN2O2. The predicted molar refractivity (Wildman–Crippen MR) is 46.9 cm³/mol. The maximum atomic E-state index is 12.9. The first kappa shape index (κ1) is 9.99. The van der Waals surface area contributed by atoms with Gasteiger partial charge >= 0.3 is 5.97 Å². The van der Waals surface area contributed by atoms with E-state index in [1.165, 1.54) is 7.11 Å². The molecule has 1 rings (SSSR count). The number of benzene rings is 1. The molecule has 0 saturated carbocycles. The largest absolute Gasteiger partial charge is 0.465 e. The number of nitriles is 1. The number of rotatable bonds is 1. The third-order valence-corrected chi connectivity index (χ3v) is 1.66. The number of hydrogen-bond donors (Lipinski definition) is 1. The van der Waals surface area contributed by atoms with Crippen LogP contribution in [0.25, 0.3) is 0 Å². The van der Waals surface area contributed by atoms with E-state index in [-0.39, 0.29) is 16.8 Å². The minimum atomic E-state index is -0.728. The summed E-state index contributed by atoms with van der Waals surface area (Å²) in [6.45, 7) is 0. The van der Waals surface area contributed by atoms with Crippen molar-refractivity contribution in [2.75, 3.05) is 12.8 Å². The van der Waals surface area contributed by atoms with Crippen molar-refractivity contribution < 1.29 is 13.9 Å². The van der Waals surface area contributed by atoms with Crippen LogP contribution in [0.4, 0.5) is 10.1 Å². The van der Waals surface area contributed by atoms with Crippen molar-refractivity contribution in [3.05, 3.63) is 29.1 Å². The summed E-state index contributed by atoms with van der Waals surface area (Å²) in [7, 11) is 1.17. The first-order valence-electron chi connectivity index (χ1n) is 3.67. The number of carbonyl (C=O) groups excluding carboxylic acids is 1. The number of carbonyl (C=O) groups is 1. The summed E-state index contributed by atoms with van der Waals surface area (Å²) in [6, 6.07) is 3.67. The maximum Gasteiger partial charge on any atom is 0.339 e. The third kappa shape index (κ3) is 1.64. The molecule has 0 aliphatic carbocycles. The highest BCUT2D eigenvalue weighted by molar-refractivity contribution is 5.93. The summed E-state index contributed by atoms with van der Waals surface area (Å²) in [6.07, 6.45) is 0. The Balaban J connectivity index is 3.36. The van der Waals surface area contributed by atoms with Crippen LogP contribution in [0.1, 0.15) is 15.9 Å². The van der Waals surface area contributed by atoms with Gasteiger partial charge in [-0.05, 0) is 12.1 Å². The molecule has 14 heavy (non-hydrogen) atoms. The number of esters is 1. The van der Waals surface area contributed by atoms with Gasteiger partial charge in [-0.2, -0.15) is 5.26 Å². The van der Waals surface area contributed by atoms with E-state index in [4.69, 9.17) is 11.0 Å². The minimum Gasteiger partial charge on any atom is -0.465 e. The monoisotopic (exact) mass is 194 g/mol. The van der Waals surface area contributed by atoms with Gasteiger partial charge in [-0.15, -0.1) is 0 Å². The molecule has 0 saturated heterocycles. The molecule has 0 spiro atoms. The van der Waals surface area contributed by atoms with Crippen LogP contribution in [-0.4, -0.2) is 13.1 Å². The molecule has 72 valence electrons. The average Bonchev–Trinajstić information content (AvgIpc) is 2.20.